The maximum Gasteiger partial charge on any atom is 0.353 e. The maximum absolute atomic E-state index is 12.1. The van der Waals surface area contributed by atoms with Gasteiger partial charge in [0.05, 0.1) is 39.3 Å². The Balaban J connectivity index is 1.98. The third-order valence-corrected chi connectivity index (χ3v) is 4.63. The first-order valence-corrected chi connectivity index (χ1v) is 10.0. The lowest BCUT2D eigenvalue weighted by atomic mass is 10.3. The molecule has 0 aliphatic heterocycles. The molecule has 1 N–H and O–H groups in total. The number of aromatic nitrogens is 4. The molecule has 2 aromatic rings. The Morgan fingerprint density at radius 2 is 2.00 bits per heavy atom. The van der Waals surface area contributed by atoms with Gasteiger partial charge in [-0.25, -0.2) is 9.97 Å². The van der Waals surface area contributed by atoms with Gasteiger partial charge >= 0.3 is 7.60 Å². The molecule has 0 saturated heterocycles. The second-order valence-corrected chi connectivity index (χ2v) is 7.43. The molecule has 0 fully saturated rings. The van der Waals surface area contributed by atoms with E-state index < -0.39 is 20.0 Å². The molecule has 0 aromatic carbocycles. The van der Waals surface area contributed by atoms with Crippen LogP contribution in [0.1, 0.15) is 6.42 Å². The molecule has 0 bridgehead atoms. The van der Waals surface area contributed by atoms with Crippen LogP contribution in [0, 0.1) is 0 Å². The normalized spacial score (nSPS) is 15.0. The van der Waals surface area contributed by atoms with Crippen LogP contribution in [0.5, 0.6) is 5.88 Å². The third-order valence-electron chi connectivity index (χ3n) is 3.57. The van der Waals surface area contributed by atoms with E-state index in [4.69, 9.17) is 23.5 Å². The Morgan fingerprint density at radius 1 is 1.19 bits per heavy atom. The fourth-order valence-corrected chi connectivity index (χ4v) is 3.24. The van der Waals surface area contributed by atoms with Gasteiger partial charge in [0.25, 0.3) is 0 Å². The Morgan fingerprint density at radius 3 is 2.70 bits per heavy atom. The Kier molecular flexibility index (Phi) is 8.55. The van der Waals surface area contributed by atoms with Crippen LogP contribution in [0.15, 0.2) is 12.7 Å². The van der Waals surface area contributed by atoms with Crippen LogP contribution >= 0.6 is 7.60 Å². The molecule has 1 unspecified atom stereocenters. The van der Waals surface area contributed by atoms with E-state index in [0.29, 0.717) is 36.6 Å². The standard InChI is InChI=1S/C15H25N4O7P/c1-22-5-4-6-26-27(20,21)11-25-12(8-23-2)7-19-10-18-13-14(19)16-9-17-15(13)24-3/h9-10,12H,4-8,11H2,1-3H3,(H,20,21)/t12-/m0/s1. The van der Waals surface area contributed by atoms with Gasteiger partial charge in [-0.3, -0.25) is 4.57 Å². The van der Waals surface area contributed by atoms with Crippen molar-refractivity contribution in [3.63, 3.8) is 0 Å². The minimum atomic E-state index is -3.86. The largest absolute Gasteiger partial charge is 0.479 e. The number of ether oxygens (including phenoxy) is 4. The van der Waals surface area contributed by atoms with Crippen molar-refractivity contribution >= 4 is 18.8 Å². The van der Waals surface area contributed by atoms with E-state index in [2.05, 4.69) is 15.0 Å². The minimum Gasteiger partial charge on any atom is -0.479 e. The monoisotopic (exact) mass is 404 g/mol. The molecule has 0 spiro atoms. The van der Waals surface area contributed by atoms with Crippen LogP contribution in [0.4, 0.5) is 0 Å². The van der Waals surface area contributed by atoms with Gasteiger partial charge in [0.1, 0.15) is 12.7 Å². The van der Waals surface area contributed by atoms with Gasteiger partial charge in [-0.1, -0.05) is 0 Å². The van der Waals surface area contributed by atoms with E-state index in [1.165, 1.54) is 20.5 Å². The fraction of sp³-hybridized carbons (Fsp3) is 0.667. The van der Waals surface area contributed by atoms with Crippen LogP contribution in [0.3, 0.4) is 0 Å². The highest BCUT2D eigenvalue weighted by Crippen LogP contribution is 2.42. The molecule has 0 radical (unpaired) electrons. The number of hydrogen-bond acceptors (Lipinski definition) is 9. The molecule has 0 aliphatic carbocycles. The quantitative estimate of drug-likeness (QED) is 0.382. The first-order valence-electron chi connectivity index (χ1n) is 8.26. The van der Waals surface area contributed by atoms with E-state index in [-0.39, 0.29) is 13.2 Å². The number of imidazole rings is 1. The lowest BCUT2D eigenvalue weighted by molar-refractivity contribution is 0.00229. The minimum absolute atomic E-state index is 0.114. The summed E-state index contributed by atoms with van der Waals surface area (Å²) in [6.07, 6.45) is 2.52. The number of fused-ring (bicyclic) bond motifs is 1. The van der Waals surface area contributed by atoms with E-state index >= 15 is 0 Å². The zero-order valence-corrected chi connectivity index (χ0v) is 16.5. The number of methoxy groups -OCH3 is 3. The van der Waals surface area contributed by atoms with Crippen molar-refractivity contribution in [1.82, 2.24) is 19.5 Å². The van der Waals surface area contributed by atoms with E-state index in [9.17, 15) is 9.46 Å². The summed E-state index contributed by atoms with van der Waals surface area (Å²) in [6.45, 7) is 1.09. The lowest BCUT2D eigenvalue weighted by Gasteiger charge is -2.20. The third kappa shape index (κ3) is 6.49. The maximum atomic E-state index is 12.1. The molecule has 152 valence electrons. The predicted octanol–water partition coefficient (Wildman–Crippen LogP) is 1.06. The van der Waals surface area contributed by atoms with Gasteiger partial charge in [0, 0.05) is 20.8 Å². The van der Waals surface area contributed by atoms with E-state index in [1.807, 2.05) is 0 Å². The van der Waals surface area contributed by atoms with Crippen molar-refractivity contribution in [3.05, 3.63) is 12.7 Å². The smallest absolute Gasteiger partial charge is 0.353 e. The second-order valence-electron chi connectivity index (χ2n) is 5.64. The summed E-state index contributed by atoms with van der Waals surface area (Å²) in [7, 11) is 0.712. The van der Waals surface area contributed by atoms with Crippen LogP contribution in [0.2, 0.25) is 0 Å². The predicted molar refractivity (Wildman–Crippen MR) is 95.8 cm³/mol. The van der Waals surface area contributed by atoms with E-state index in [1.54, 1.807) is 18.0 Å². The molecule has 2 heterocycles. The summed E-state index contributed by atoms with van der Waals surface area (Å²) in [5.74, 6) is 0.368. The molecule has 11 nitrogen and oxygen atoms in total. The van der Waals surface area contributed by atoms with Gasteiger partial charge in [-0.2, -0.15) is 4.98 Å². The summed E-state index contributed by atoms with van der Waals surface area (Å²) in [6, 6.07) is 0. The Labute approximate surface area is 157 Å². The molecule has 27 heavy (non-hydrogen) atoms. The van der Waals surface area contributed by atoms with Crippen molar-refractivity contribution in [2.75, 3.05) is 47.5 Å². The molecule has 2 rings (SSSR count). The summed E-state index contributed by atoms with van der Waals surface area (Å²) < 4.78 is 39.5. The zero-order valence-electron chi connectivity index (χ0n) is 15.6. The van der Waals surface area contributed by atoms with Gasteiger partial charge < -0.3 is 32.9 Å². The van der Waals surface area contributed by atoms with E-state index in [0.717, 1.165) is 0 Å². The Hall–Kier alpha value is -1.62. The fourth-order valence-electron chi connectivity index (χ4n) is 2.35. The lowest BCUT2D eigenvalue weighted by Crippen LogP contribution is -2.26. The molecule has 2 atom stereocenters. The Bertz CT molecular complexity index is 757. The number of rotatable bonds is 13. The summed E-state index contributed by atoms with van der Waals surface area (Å²) in [4.78, 5) is 22.3. The first-order chi connectivity index (χ1) is 13.0. The molecular formula is C15H25N4O7P. The average molecular weight is 404 g/mol. The summed E-state index contributed by atoms with van der Waals surface area (Å²) >= 11 is 0. The van der Waals surface area contributed by atoms with Crippen molar-refractivity contribution in [1.29, 1.82) is 0 Å². The zero-order chi connectivity index (χ0) is 19.7. The summed E-state index contributed by atoms with van der Waals surface area (Å²) in [5.41, 5.74) is 1.08. The average Bonchev–Trinajstić information content (AvgIpc) is 3.06. The number of hydrogen-bond donors (Lipinski definition) is 1. The van der Waals surface area contributed by atoms with Crippen LogP contribution in [0.25, 0.3) is 11.2 Å². The van der Waals surface area contributed by atoms with Gasteiger partial charge in [-0.05, 0) is 6.42 Å². The number of nitrogens with zero attached hydrogens (tertiary/aromatic N) is 4. The SMILES string of the molecule is COCCCOP(=O)(O)CO[C@H](COC)Cn1cnc2c(OC)ncnc21. The van der Waals surface area contributed by atoms with Crippen molar-refractivity contribution in [2.24, 2.45) is 0 Å². The topological polar surface area (TPSA) is 127 Å². The highest BCUT2D eigenvalue weighted by molar-refractivity contribution is 7.52. The highest BCUT2D eigenvalue weighted by atomic mass is 31.2. The van der Waals surface area contributed by atoms with Crippen LogP contribution in [-0.2, 0) is 29.8 Å². The molecule has 0 saturated carbocycles. The molecule has 12 heteroatoms. The highest BCUT2D eigenvalue weighted by Gasteiger charge is 2.23. The first kappa shape index (κ1) is 21.7. The summed E-state index contributed by atoms with van der Waals surface area (Å²) in [5, 5.41) is 0. The molecule has 2 aromatic heterocycles. The van der Waals surface area contributed by atoms with Gasteiger partial charge in [0.2, 0.25) is 5.88 Å². The van der Waals surface area contributed by atoms with Gasteiger partial charge in [-0.15, -0.1) is 0 Å². The molecule has 0 aliphatic rings. The molecular weight excluding hydrogens is 379 g/mol. The van der Waals surface area contributed by atoms with Crippen LogP contribution in [-0.4, -0.2) is 78.0 Å². The van der Waals surface area contributed by atoms with Crippen molar-refractivity contribution in [3.8, 4) is 5.88 Å². The van der Waals surface area contributed by atoms with Crippen molar-refractivity contribution < 1.29 is 32.9 Å². The molecule has 0 amide bonds. The van der Waals surface area contributed by atoms with Crippen LogP contribution < -0.4 is 4.74 Å². The van der Waals surface area contributed by atoms with Gasteiger partial charge in [0.15, 0.2) is 11.2 Å². The second kappa shape index (κ2) is 10.6. The van der Waals surface area contributed by atoms with Crippen molar-refractivity contribution in [2.45, 2.75) is 19.1 Å².